The fourth-order valence-corrected chi connectivity index (χ4v) is 2.81. The second-order valence-corrected chi connectivity index (χ2v) is 4.55. The van der Waals surface area contributed by atoms with Crippen LogP contribution in [0.15, 0.2) is 42.5 Å². The van der Waals surface area contributed by atoms with E-state index in [0.29, 0.717) is 5.56 Å². The summed E-state index contributed by atoms with van der Waals surface area (Å²) in [5, 5.41) is 2.00. The smallest absolute Gasteiger partial charge is 0.239 e. The lowest BCUT2D eigenvalue weighted by atomic mass is 10.0. The van der Waals surface area contributed by atoms with Gasteiger partial charge in [-0.05, 0) is 12.1 Å². The molecule has 1 aliphatic rings. The predicted molar refractivity (Wildman–Crippen MR) is 69.0 cm³/mol. The number of aromatic nitrogens is 1. The minimum Gasteiger partial charge on any atom is -0.294 e. The lowest BCUT2D eigenvalue weighted by Gasteiger charge is -2.13. The van der Waals surface area contributed by atoms with Crippen LogP contribution in [0.25, 0.3) is 21.8 Å². The van der Waals surface area contributed by atoms with Crippen molar-refractivity contribution in [2.75, 3.05) is 0 Å². The van der Waals surface area contributed by atoms with E-state index in [1.54, 1.807) is 10.6 Å². The van der Waals surface area contributed by atoms with E-state index in [9.17, 15) is 9.59 Å². The highest BCUT2D eigenvalue weighted by Gasteiger charge is 2.27. The first-order valence-electron chi connectivity index (χ1n) is 5.86. The van der Waals surface area contributed by atoms with Crippen LogP contribution in [0.5, 0.6) is 0 Å². The molecule has 1 aromatic heterocycles. The van der Waals surface area contributed by atoms with Gasteiger partial charge in [-0.1, -0.05) is 30.3 Å². The molecule has 0 saturated carbocycles. The molecule has 0 aliphatic carbocycles. The van der Waals surface area contributed by atoms with Gasteiger partial charge in [0, 0.05) is 16.3 Å². The van der Waals surface area contributed by atoms with Crippen molar-refractivity contribution in [3.8, 4) is 0 Å². The highest BCUT2D eigenvalue weighted by atomic mass is 16.2. The number of benzene rings is 2. The molecule has 0 radical (unpaired) electrons. The number of carbonyl (C=O) groups is 2. The molecule has 0 amide bonds. The van der Waals surface area contributed by atoms with Gasteiger partial charge >= 0.3 is 0 Å². The Morgan fingerprint density at radius 1 is 0.889 bits per heavy atom. The van der Waals surface area contributed by atoms with Crippen LogP contribution in [-0.2, 0) is 0 Å². The van der Waals surface area contributed by atoms with Crippen molar-refractivity contribution in [2.45, 2.75) is 6.42 Å². The van der Waals surface area contributed by atoms with E-state index in [-0.39, 0.29) is 18.1 Å². The maximum absolute atomic E-state index is 12.1. The van der Waals surface area contributed by atoms with Crippen LogP contribution in [0.4, 0.5) is 0 Å². The first-order chi connectivity index (χ1) is 8.77. The normalized spacial score (nSPS) is 14.7. The third-order valence-electron chi connectivity index (χ3n) is 3.56. The first-order valence-corrected chi connectivity index (χ1v) is 5.86. The van der Waals surface area contributed by atoms with Crippen LogP contribution in [0, 0.1) is 0 Å². The second kappa shape index (κ2) is 3.07. The highest BCUT2D eigenvalue weighted by Crippen LogP contribution is 2.34. The Hall–Kier alpha value is -2.42. The standard InChI is InChI=1S/C15H9NO2/c17-13-8-14(18)16-12-7-2-1-4-9(12)10-5-3-6-11(13)15(10)16/h1-7H,8H2. The van der Waals surface area contributed by atoms with Gasteiger partial charge in [-0.3, -0.25) is 14.2 Å². The Bertz CT molecular complexity index is 842. The zero-order valence-corrected chi connectivity index (χ0v) is 9.51. The third-order valence-corrected chi connectivity index (χ3v) is 3.56. The van der Waals surface area contributed by atoms with Crippen LogP contribution in [-0.4, -0.2) is 16.3 Å². The summed E-state index contributed by atoms with van der Waals surface area (Å²) in [6.45, 7) is 0. The molecule has 0 saturated heterocycles. The molecule has 0 spiro atoms. The van der Waals surface area contributed by atoms with E-state index in [0.717, 1.165) is 21.8 Å². The summed E-state index contributed by atoms with van der Waals surface area (Å²) in [5.74, 6) is -0.217. The molecule has 0 bridgehead atoms. The quantitative estimate of drug-likeness (QED) is 0.562. The van der Waals surface area contributed by atoms with Gasteiger partial charge in [0.25, 0.3) is 0 Å². The fraction of sp³-hybridized carbons (Fsp3) is 0.0667. The molecule has 18 heavy (non-hydrogen) atoms. The van der Waals surface area contributed by atoms with Crippen molar-refractivity contribution in [1.29, 1.82) is 0 Å². The maximum Gasteiger partial charge on any atom is 0.239 e. The number of carbonyl (C=O) groups excluding carboxylic acids is 2. The van der Waals surface area contributed by atoms with Crippen molar-refractivity contribution >= 4 is 33.5 Å². The third kappa shape index (κ3) is 0.991. The van der Waals surface area contributed by atoms with Crippen molar-refractivity contribution < 1.29 is 9.59 Å². The summed E-state index contributed by atoms with van der Waals surface area (Å²) in [7, 11) is 0. The molecule has 0 N–H and O–H groups in total. The summed E-state index contributed by atoms with van der Waals surface area (Å²) < 4.78 is 1.68. The summed E-state index contributed by atoms with van der Waals surface area (Å²) >= 11 is 0. The average Bonchev–Trinajstić information content (AvgIpc) is 2.72. The number of Topliss-reactive ketones (excluding diaryl/α,β-unsaturated/α-hetero) is 1. The van der Waals surface area contributed by atoms with Gasteiger partial charge in [-0.25, -0.2) is 0 Å². The molecule has 4 rings (SSSR count). The molecule has 0 unspecified atom stereocenters. The van der Waals surface area contributed by atoms with Gasteiger partial charge in [0.2, 0.25) is 5.91 Å². The second-order valence-electron chi connectivity index (χ2n) is 4.55. The number of ketones is 1. The summed E-state index contributed by atoms with van der Waals surface area (Å²) in [6.07, 6.45) is -0.0369. The van der Waals surface area contributed by atoms with Crippen molar-refractivity contribution in [3.63, 3.8) is 0 Å². The molecule has 3 heteroatoms. The average molecular weight is 235 g/mol. The minimum absolute atomic E-state index is 0.0369. The lowest BCUT2D eigenvalue weighted by molar-refractivity contribution is 0.0840. The molecule has 1 aliphatic heterocycles. The van der Waals surface area contributed by atoms with Crippen LogP contribution < -0.4 is 0 Å². The maximum atomic E-state index is 12.1. The Labute approximate surface area is 103 Å². The number of hydrogen-bond donors (Lipinski definition) is 0. The van der Waals surface area contributed by atoms with Crippen LogP contribution >= 0.6 is 0 Å². The topological polar surface area (TPSA) is 39.1 Å². The summed E-state index contributed by atoms with van der Waals surface area (Å²) in [6, 6.07) is 13.4. The molecule has 3 nitrogen and oxygen atoms in total. The zero-order chi connectivity index (χ0) is 12.3. The van der Waals surface area contributed by atoms with Crippen LogP contribution in [0.2, 0.25) is 0 Å². The van der Waals surface area contributed by atoms with Crippen LogP contribution in [0.1, 0.15) is 21.6 Å². The van der Waals surface area contributed by atoms with E-state index < -0.39 is 0 Å². The molecule has 86 valence electrons. The van der Waals surface area contributed by atoms with E-state index in [4.69, 9.17) is 0 Å². The summed E-state index contributed by atoms with van der Waals surface area (Å²) in [4.78, 5) is 24.0. The SMILES string of the molecule is O=C1CC(=O)n2c3ccccc3c3cccc1c32. The van der Waals surface area contributed by atoms with Crippen LogP contribution in [0.3, 0.4) is 0 Å². The highest BCUT2D eigenvalue weighted by molar-refractivity contribution is 6.26. The Balaban J connectivity index is 2.39. The van der Waals surface area contributed by atoms with E-state index in [2.05, 4.69) is 0 Å². The number of hydrogen-bond acceptors (Lipinski definition) is 2. The van der Waals surface area contributed by atoms with E-state index in [1.165, 1.54) is 0 Å². The lowest BCUT2D eigenvalue weighted by Crippen LogP contribution is -2.21. The number of para-hydroxylation sites is 2. The number of nitrogens with zero attached hydrogens (tertiary/aromatic N) is 1. The van der Waals surface area contributed by atoms with Gasteiger partial charge < -0.3 is 0 Å². The van der Waals surface area contributed by atoms with Gasteiger partial charge in [0.15, 0.2) is 5.78 Å². The predicted octanol–water partition coefficient (Wildman–Crippen LogP) is 3.02. The first kappa shape index (κ1) is 9.59. The zero-order valence-electron chi connectivity index (χ0n) is 9.51. The Kier molecular flexibility index (Phi) is 1.64. The molecular weight excluding hydrogens is 226 g/mol. The van der Waals surface area contributed by atoms with Crippen molar-refractivity contribution in [1.82, 2.24) is 4.57 Å². The van der Waals surface area contributed by atoms with Crippen molar-refractivity contribution in [2.24, 2.45) is 0 Å². The van der Waals surface area contributed by atoms with Gasteiger partial charge in [0.05, 0.1) is 17.5 Å². The monoisotopic (exact) mass is 235 g/mol. The van der Waals surface area contributed by atoms with E-state index in [1.807, 2.05) is 36.4 Å². The number of fused-ring (bicyclic) bond motifs is 3. The molecule has 3 aromatic rings. The van der Waals surface area contributed by atoms with Crippen molar-refractivity contribution in [3.05, 3.63) is 48.0 Å². The molecule has 2 aromatic carbocycles. The molecule has 0 fully saturated rings. The fourth-order valence-electron chi connectivity index (χ4n) is 2.81. The van der Waals surface area contributed by atoms with Gasteiger partial charge in [-0.15, -0.1) is 0 Å². The number of rotatable bonds is 0. The minimum atomic E-state index is -0.134. The van der Waals surface area contributed by atoms with Gasteiger partial charge in [-0.2, -0.15) is 0 Å². The Morgan fingerprint density at radius 2 is 1.67 bits per heavy atom. The van der Waals surface area contributed by atoms with E-state index >= 15 is 0 Å². The molecule has 0 atom stereocenters. The molecule has 2 heterocycles. The molecular formula is C15H9NO2. The van der Waals surface area contributed by atoms with Gasteiger partial charge in [0.1, 0.15) is 0 Å². The summed E-state index contributed by atoms with van der Waals surface area (Å²) in [5.41, 5.74) is 2.31. The largest absolute Gasteiger partial charge is 0.294 e. The Morgan fingerprint density at radius 3 is 2.56 bits per heavy atom.